The SMILES string of the molecule is CO[C@@H](C(=O)O[C@@H]1C[C@H](C)CC[C@H]1C(C)C)c1ccc2ccccc2c1. The molecule has 1 aliphatic rings. The maximum absolute atomic E-state index is 12.9. The molecule has 2 aromatic carbocycles. The van der Waals surface area contributed by atoms with Crippen molar-refractivity contribution >= 4 is 16.7 Å². The molecule has 1 fully saturated rings. The minimum Gasteiger partial charge on any atom is -0.460 e. The summed E-state index contributed by atoms with van der Waals surface area (Å²) >= 11 is 0. The van der Waals surface area contributed by atoms with Crippen molar-refractivity contribution in [3.8, 4) is 0 Å². The van der Waals surface area contributed by atoms with Gasteiger partial charge in [-0.25, -0.2) is 4.79 Å². The van der Waals surface area contributed by atoms with Crippen molar-refractivity contribution in [2.24, 2.45) is 17.8 Å². The Balaban J connectivity index is 1.78. The normalized spacial score (nSPS) is 24.6. The van der Waals surface area contributed by atoms with E-state index >= 15 is 0 Å². The van der Waals surface area contributed by atoms with Crippen LogP contribution in [0.25, 0.3) is 10.8 Å². The fourth-order valence-electron chi connectivity index (χ4n) is 4.20. The van der Waals surface area contributed by atoms with E-state index < -0.39 is 6.10 Å². The highest BCUT2D eigenvalue weighted by atomic mass is 16.6. The molecule has 3 rings (SSSR count). The van der Waals surface area contributed by atoms with Gasteiger partial charge in [-0.2, -0.15) is 0 Å². The second-order valence-corrected chi connectivity index (χ2v) is 8.02. The van der Waals surface area contributed by atoms with Gasteiger partial charge in [0, 0.05) is 7.11 Å². The van der Waals surface area contributed by atoms with Crippen LogP contribution in [0.2, 0.25) is 0 Å². The van der Waals surface area contributed by atoms with E-state index in [1.54, 1.807) is 7.11 Å². The second kappa shape index (κ2) is 8.22. The van der Waals surface area contributed by atoms with E-state index in [-0.39, 0.29) is 12.1 Å². The molecule has 0 aromatic heterocycles. The van der Waals surface area contributed by atoms with Crippen LogP contribution in [0.4, 0.5) is 0 Å². The first-order valence-electron chi connectivity index (χ1n) is 9.71. The fraction of sp³-hybridized carbons (Fsp3) is 0.522. The smallest absolute Gasteiger partial charge is 0.340 e. The van der Waals surface area contributed by atoms with Crippen molar-refractivity contribution in [1.82, 2.24) is 0 Å². The lowest BCUT2D eigenvalue weighted by molar-refractivity contribution is -0.168. The zero-order valence-electron chi connectivity index (χ0n) is 16.3. The lowest BCUT2D eigenvalue weighted by Gasteiger charge is -2.37. The molecule has 0 N–H and O–H groups in total. The zero-order chi connectivity index (χ0) is 18.7. The Hall–Kier alpha value is -1.87. The van der Waals surface area contributed by atoms with Gasteiger partial charge in [-0.05, 0) is 53.0 Å². The lowest BCUT2D eigenvalue weighted by atomic mass is 9.75. The number of fused-ring (bicyclic) bond motifs is 1. The van der Waals surface area contributed by atoms with Gasteiger partial charge in [0.2, 0.25) is 0 Å². The minimum atomic E-state index is -0.676. The molecule has 3 nitrogen and oxygen atoms in total. The van der Waals surface area contributed by atoms with E-state index in [1.807, 2.05) is 30.3 Å². The lowest BCUT2D eigenvalue weighted by Crippen LogP contribution is -2.37. The Morgan fingerprint density at radius 2 is 1.81 bits per heavy atom. The van der Waals surface area contributed by atoms with Gasteiger partial charge in [0.05, 0.1) is 0 Å². The van der Waals surface area contributed by atoms with E-state index in [9.17, 15) is 4.79 Å². The summed E-state index contributed by atoms with van der Waals surface area (Å²) in [6.45, 7) is 6.69. The number of hydrogen-bond acceptors (Lipinski definition) is 3. The van der Waals surface area contributed by atoms with Gasteiger partial charge in [-0.15, -0.1) is 0 Å². The van der Waals surface area contributed by atoms with Crippen LogP contribution in [0.15, 0.2) is 42.5 Å². The fourth-order valence-corrected chi connectivity index (χ4v) is 4.20. The van der Waals surface area contributed by atoms with Crippen LogP contribution in [0, 0.1) is 17.8 Å². The third-order valence-corrected chi connectivity index (χ3v) is 5.75. The average Bonchev–Trinajstić information content (AvgIpc) is 2.62. The van der Waals surface area contributed by atoms with Crippen LogP contribution in [0.3, 0.4) is 0 Å². The topological polar surface area (TPSA) is 35.5 Å². The average molecular weight is 354 g/mol. The summed E-state index contributed by atoms with van der Waals surface area (Å²) in [5.74, 6) is 1.28. The summed E-state index contributed by atoms with van der Waals surface area (Å²) in [5, 5.41) is 2.26. The molecule has 3 heteroatoms. The van der Waals surface area contributed by atoms with Crippen molar-refractivity contribution < 1.29 is 14.3 Å². The van der Waals surface area contributed by atoms with Gasteiger partial charge in [0.25, 0.3) is 0 Å². The van der Waals surface area contributed by atoms with Crippen molar-refractivity contribution in [3.05, 3.63) is 48.0 Å². The van der Waals surface area contributed by atoms with Gasteiger partial charge in [-0.1, -0.05) is 63.6 Å². The molecule has 0 heterocycles. The summed E-state index contributed by atoms with van der Waals surface area (Å²) < 4.78 is 11.5. The van der Waals surface area contributed by atoms with Gasteiger partial charge in [0.1, 0.15) is 6.10 Å². The van der Waals surface area contributed by atoms with Gasteiger partial charge < -0.3 is 9.47 Å². The Morgan fingerprint density at radius 3 is 2.50 bits per heavy atom. The molecule has 1 aliphatic carbocycles. The van der Waals surface area contributed by atoms with Crippen LogP contribution in [-0.2, 0) is 14.3 Å². The number of hydrogen-bond donors (Lipinski definition) is 0. The quantitative estimate of drug-likeness (QED) is 0.662. The molecule has 0 spiro atoms. The Morgan fingerprint density at radius 1 is 1.08 bits per heavy atom. The summed E-state index contributed by atoms with van der Waals surface area (Å²) in [7, 11) is 1.57. The molecule has 0 aliphatic heterocycles. The number of rotatable bonds is 5. The Bertz CT molecular complexity index is 752. The van der Waals surface area contributed by atoms with Gasteiger partial charge >= 0.3 is 5.97 Å². The number of methoxy groups -OCH3 is 1. The highest BCUT2D eigenvalue weighted by Gasteiger charge is 2.35. The summed E-state index contributed by atoms with van der Waals surface area (Å²) in [6.07, 6.45) is 2.61. The Labute approximate surface area is 156 Å². The molecule has 0 unspecified atom stereocenters. The first-order valence-corrected chi connectivity index (χ1v) is 9.71. The van der Waals surface area contributed by atoms with E-state index in [0.29, 0.717) is 17.8 Å². The number of carbonyl (C=O) groups excluding carboxylic acids is 1. The predicted octanol–water partition coefficient (Wildman–Crippen LogP) is 5.53. The summed E-state index contributed by atoms with van der Waals surface area (Å²) in [4.78, 5) is 12.9. The third-order valence-electron chi connectivity index (χ3n) is 5.75. The van der Waals surface area contributed by atoms with Gasteiger partial charge in [-0.3, -0.25) is 0 Å². The van der Waals surface area contributed by atoms with E-state index in [4.69, 9.17) is 9.47 Å². The van der Waals surface area contributed by atoms with E-state index in [0.717, 1.165) is 29.2 Å². The first-order chi connectivity index (χ1) is 12.5. The Kier molecular flexibility index (Phi) is 5.98. The third kappa shape index (κ3) is 4.09. The highest BCUT2D eigenvalue weighted by Crippen LogP contribution is 2.36. The molecule has 0 amide bonds. The summed E-state index contributed by atoms with van der Waals surface area (Å²) in [5.41, 5.74) is 0.848. The maximum atomic E-state index is 12.9. The molecular formula is C23H30O3. The monoisotopic (exact) mass is 354 g/mol. The second-order valence-electron chi connectivity index (χ2n) is 8.02. The molecule has 4 atom stereocenters. The minimum absolute atomic E-state index is 0.00986. The molecule has 26 heavy (non-hydrogen) atoms. The first kappa shape index (κ1) is 18.9. The van der Waals surface area contributed by atoms with Crippen LogP contribution < -0.4 is 0 Å². The van der Waals surface area contributed by atoms with Crippen LogP contribution in [0.1, 0.15) is 51.7 Å². The van der Waals surface area contributed by atoms with Crippen LogP contribution in [-0.4, -0.2) is 19.2 Å². The number of carbonyl (C=O) groups is 1. The molecule has 0 bridgehead atoms. The van der Waals surface area contributed by atoms with E-state index in [1.165, 1.54) is 6.42 Å². The summed E-state index contributed by atoms with van der Waals surface area (Å²) in [6, 6.07) is 14.1. The predicted molar refractivity (Wildman–Crippen MR) is 105 cm³/mol. The standard InChI is InChI=1S/C23H30O3/c1-15(2)20-12-9-16(3)13-21(20)26-23(24)22(25-4)19-11-10-17-7-5-6-8-18(17)14-19/h5-8,10-11,14-16,20-22H,9,12-13H2,1-4H3/t16-,20+,21-,22-/m1/s1. The van der Waals surface area contributed by atoms with E-state index in [2.05, 4.69) is 32.9 Å². The molecule has 2 aromatic rings. The van der Waals surface area contributed by atoms with Crippen molar-refractivity contribution in [3.63, 3.8) is 0 Å². The largest absolute Gasteiger partial charge is 0.460 e. The molecule has 0 saturated heterocycles. The van der Waals surface area contributed by atoms with Crippen LogP contribution in [0.5, 0.6) is 0 Å². The number of esters is 1. The van der Waals surface area contributed by atoms with Crippen molar-refractivity contribution in [2.45, 2.75) is 52.2 Å². The van der Waals surface area contributed by atoms with Crippen LogP contribution >= 0.6 is 0 Å². The molecular weight excluding hydrogens is 324 g/mol. The zero-order valence-corrected chi connectivity index (χ0v) is 16.3. The maximum Gasteiger partial charge on any atom is 0.340 e. The highest BCUT2D eigenvalue weighted by molar-refractivity contribution is 5.85. The van der Waals surface area contributed by atoms with Gasteiger partial charge in [0.15, 0.2) is 6.10 Å². The molecule has 1 saturated carbocycles. The number of ether oxygens (including phenoxy) is 2. The molecule has 0 radical (unpaired) electrons. The molecule has 140 valence electrons. The number of benzene rings is 2. The van der Waals surface area contributed by atoms with Crippen molar-refractivity contribution in [1.29, 1.82) is 0 Å². The van der Waals surface area contributed by atoms with Crippen molar-refractivity contribution in [2.75, 3.05) is 7.11 Å².